The molecule has 2 rings (SSSR count). The van der Waals surface area contributed by atoms with Gasteiger partial charge in [-0.15, -0.1) is 0 Å². The number of likely N-dealkylation sites (N-methyl/N-ethyl adjacent to an activating group) is 2. The molecule has 0 bridgehead atoms. The fourth-order valence-electron chi connectivity index (χ4n) is 2.59. The second kappa shape index (κ2) is 6.78. The molecule has 1 amide bonds. The molecule has 0 aromatic heterocycles. The van der Waals surface area contributed by atoms with E-state index in [0.29, 0.717) is 17.3 Å². The van der Waals surface area contributed by atoms with E-state index in [0.717, 1.165) is 31.9 Å². The van der Waals surface area contributed by atoms with Crippen molar-refractivity contribution in [3.05, 3.63) is 23.8 Å². The summed E-state index contributed by atoms with van der Waals surface area (Å²) in [6.07, 6.45) is 0. The molecule has 0 radical (unpaired) electrons. The lowest BCUT2D eigenvalue weighted by Gasteiger charge is -2.38. The number of carbonyl (C=O) groups is 1. The van der Waals surface area contributed by atoms with E-state index in [9.17, 15) is 4.79 Å². The first kappa shape index (κ1) is 15.6. The van der Waals surface area contributed by atoms with E-state index in [1.165, 1.54) is 0 Å². The van der Waals surface area contributed by atoms with E-state index in [1.54, 1.807) is 19.2 Å². The molecule has 6 nitrogen and oxygen atoms in total. The SMILES string of the molecule is CNC(=O)c1ccc(N)cc1NCC1CN(C)CCN1C. The second-order valence-corrected chi connectivity index (χ2v) is 5.66. The summed E-state index contributed by atoms with van der Waals surface area (Å²) in [6, 6.07) is 5.74. The van der Waals surface area contributed by atoms with Crippen LogP contribution in [0.15, 0.2) is 18.2 Å². The summed E-state index contributed by atoms with van der Waals surface area (Å²) in [4.78, 5) is 16.6. The fraction of sp³-hybridized carbons (Fsp3) is 0.533. The molecular weight excluding hydrogens is 266 g/mol. The highest BCUT2D eigenvalue weighted by atomic mass is 16.1. The van der Waals surface area contributed by atoms with Crippen LogP contribution in [-0.2, 0) is 0 Å². The molecule has 1 atom stereocenters. The van der Waals surface area contributed by atoms with Crippen molar-refractivity contribution in [1.29, 1.82) is 0 Å². The van der Waals surface area contributed by atoms with Gasteiger partial charge in [0.1, 0.15) is 0 Å². The van der Waals surface area contributed by atoms with Gasteiger partial charge in [0, 0.05) is 50.6 Å². The largest absolute Gasteiger partial charge is 0.399 e. The predicted molar refractivity (Wildman–Crippen MR) is 86.6 cm³/mol. The van der Waals surface area contributed by atoms with Crippen LogP contribution in [0.3, 0.4) is 0 Å². The first-order valence-electron chi connectivity index (χ1n) is 7.25. The molecule has 1 aromatic rings. The van der Waals surface area contributed by atoms with Crippen LogP contribution >= 0.6 is 0 Å². The molecule has 4 N–H and O–H groups in total. The van der Waals surface area contributed by atoms with E-state index in [2.05, 4.69) is 34.5 Å². The average molecular weight is 291 g/mol. The predicted octanol–water partition coefficient (Wildman–Crippen LogP) is 0.286. The van der Waals surface area contributed by atoms with Crippen molar-refractivity contribution >= 4 is 17.3 Å². The Balaban J connectivity index is 2.08. The minimum absolute atomic E-state index is 0.105. The van der Waals surface area contributed by atoms with Crippen LogP contribution in [-0.4, -0.2) is 69.1 Å². The van der Waals surface area contributed by atoms with Gasteiger partial charge in [-0.25, -0.2) is 0 Å². The molecule has 6 heteroatoms. The maximum Gasteiger partial charge on any atom is 0.253 e. The summed E-state index contributed by atoms with van der Waals surface area (Å²) in [5.74, 6) is -0.105. The van der Waals surface area contributed by atoms with E-state index in [-0.39, 0.29) is 5.91 Å². The van der Waals surface area contributed by atoms with Crippen LogP contribution in [0.1, 0.15) is 10.4 Å². The number of hydrogen-bond donors (Lipinski definition) is 3. The number of nitrogens with one attached hydrogen (secondary N) is 2. The van der Waals surface area contributed by atoms with Gasteiger partial charge < -0.3 is 21.3 Å². The zero-order valence-corrected chi connectivity index (χ0v) is 13.0. The molecular formula is C15H25N5O. The smallest absolute Gasteiger partial charge is 0.253 e. The topological polar surface area (TPSA) is 73.6 Å². The van der Waals surface area contributed by atoms with Crippen LogP contribution in [0.4, 0.5) is 11.4 Å². The molecule has 1 fully saturated rings. The molecule has 0 aliphatic carbocycles. The standard InChI is InChI=1S/C15H25N5O/c1-17-15(21)13-5-4-11(16)8-14(13)18-9-12-10-19(2)6-7-20(12)3/h4-5,8,12,18H,6-7,9-10,16H2,1-3H3,(H,17,21). The van der Waals surface area contributed by atoms with Gasteiger partial charge in [-0.2, -0.15) is 0 Å². The zero-order chi connectivity index (χ0) is 15.4. The van der Waals surface area contributed by atoms with Gasteiger partial charge in [0.05, 0.1) is 5.56 Å². The first-order chi connectivity index (χ1) is 10.0. The van der Waals surface area contributed by atoms with Crippen LogP contribution in [0.25, 0.3) is 0 Å². The van der Waals surface area contributed by atoms with Crippen molar-refractivity contribution in [2.75, 3.05) is 58.4 Å². The van der Waals surface area contributed by atoms with Crippen molar-refractivity contribution in [2.24, 2.45) is 0 Å². The zero-order valence-electron chi connectivity index (χ0n) is 13.0. The molecule has 1 saturated heterocycles. The lowest BCUT2D eigenvalue weighted by atomic mass is 10.1. The minimum Gasteiger partial charge on any atom is -0.399 e. The Hall–Kier alpha value is -1.79. The van der Waals surface area contributed by atoms with E-state index in [1.807, 2.05) is 6.07 Å². The first-order valence-corrected chi connectivity index (χ1v) is 7.25. The average Bonchev–Trinajstić information content (AvgIpc) is 2.47. The lowest BCUT2D eigenvalue weighted by molar-refractivity contribution is 0.0963. The Labute approximate surface area is 126 Å². The van der Waals surface area contributed by atoms with Crippen molar-refractivity contribution in [1.82, 2.24) is 15.1 Å². The number of benzene rings is 1. The van der Waals surface area contributed by atoms with Crippen LogP contribution in [0.5, 0.6) is 0 Å². The minimum atomic E-state index is -0.105. The van der Waals surface area contributed by atoms with Gasteiger partial charge in [-0.05, 0) is 32.3 Å². The van der Waals surface area contributed by atoms with Gasteiger partial charge in [-0.1, -0.05) is 0 Å². The van der Waals surface area contributed by atoms with Gasteiger partial charge in [0.2, 0.25) is 0 Å². The molecule has 1 unspecified atom stereocenters. The van der Waals surface area contributed by atoms with Gasteiger partial charge in [-0.3, -0.25) is 9.69 Å². The number of nitrogens with zero attached hydrogens (tertiary/aromatic N) is 2. The number of amides is 1. The lowest BCUT2D eigenvalue weighted by Crippen LogP contribution is -2.52. The van der Waals surface area contributed by atoms with Crippen LogP contribution in [0, 0.1) is 0 Å². The third-order valence-corrected chi connectivity index (χ3v) is 4.02. The van der Waals surface area contributed by atoms with Crippen molar-refractivity contribution in [3.63, 3.8) is 0 Å². The summed E-state index contributed by atoms with van der Waals surface area (Å²) >= 11 is 0. The van der Waals surface area contributed by atoms with E-state index >= 15 is 0 Å². The van der Waals surface area contributed by atoms with E-state index in [4.69, 9.17) is 5.73 Å². The number of nitrogens with two attached hydrogens (primary N) is 1. The molecule has 21 heavy (non-hydrogen) atoms. The quantitative estimate of drug-likeness (QED) is 0.695. The Morgan fingerprint density at radius 2 is 2.14 bits per heavy atom. The summed E-state index contributed by atoms with van der Waals surface area (Å²) in [5.41, 5.74) is 7.90. The maximum absolute atomic E-state index is 11.9. The number of piperazine rings is 1. The highest BCUT2D eigenvalue weighted by Crippen LogP contribution is 2.20. The third kappa shape index (κ3) is 3.86. The Bertz CT molecular complexity index is 505. The number of nitrogen functional groups attached to an aromatic ring is 1. The summed E-state index contributed by atoms with van der Waals surface area (Å²) < 4.78 is 0. The van der Waals surface area contributed by atoms with Crippen LogP contribution < -0.4 is 16.4 Å². The van der Waals surface area contributed by atoms with Gasteiger partial charge in [0.25, 0.3) is 5.91 Å². The molecule has 1 aromatic carbocycles. The van der Waals surface area contributed by atoms with Crippen molar-refractivity contribution < 1.29 is 4.79 Å². The number of carbonyl (C=O) groups excluding carboxylic acids is 1. The Morgan fingerprint density at radius 1 is 1.38 bits per heavy atom. The maximum atomic E-state index is 11.9. The van der Waals surface area contributed by atoms with Gasteiger partial charge in [0.15, 0.2) is 0 Å². The highest BCUT2D eigenvalue weighted by molar-refractivity contribution is 6.00. The normalized spacial score (nSPS) is 20.2. The fourth-order valence-corrected chi connectivity index (χ4v) is 2.59. The summed E-state index contributed by atoms with van der Waals surface area (Å²) in [5, 5.41) is 6.04. The number of hydrogen-bond acceptors (Lipinski definition) is 5. The second-order valence-electron chi connectivity index (χ2n) is 5.66. The molecule has 1 aliphatic rings. The Morgan fingerprint density at radius 3 is 2.86 bits per heavy atom. The van der Waals surface area contributed by atoms with Crippen molar-refractivity contribution in [3.8, 4) is 0 Å². The molecule has 1 heterocycles. The molecule has 1 aliphatic heterocycles. The van der Waals surface area contributed by atoms with Crippen LogP contribution in [0.2, 0.25) is 0 Å². The monoisotopic (exact) mass is 291 g/mol. The van der Waals surface area contributed by atoms with Crippen molar-refractivity contribution in [2.45, 2.75) is 6.04 Å². The number of rotatable bonds is 4. The summed E-state index contributed by atoms with van der Waals surface area (Å²) in [6.45, 7) is 3.95. The summed E-state index contributed by atoms with van der Waals surface area (Å²) in [7, 11) is 5.90. The third-order valence-electron chi connectivity index (χ3n) is 4.02. The Kier molecular flexibility index (Phi) is 5.03. The molecule has 0 saturated carbocycles. The number of anilines is 2. The van der Waals surface area contributed by atoms with Gasteiger partial charge >= 0.3 is 0 Å². The molecule has 116 valence electrons. The molecule has 0 spiro atoms. The highest BCUT2D eigenvalue weighted by Gasteiger charge is 2.22. The van der Waals surface area contributed by atoms with E-state index < -0.39 is 0 Å².